The number of furan rings is 1. The Morgan fingerprint density at radius 1 is 1.07 bits per heavy atom. The molecule has 1 aliphatic heterocycles. The molecule has 0 bridgehead atoms. The Balaban J connectivity index is 1.30. The highest BCUT2D eigenvalue weighted by molar-refractivity contribution is 6.07. The van der Waals surface area contributed by atoms with Gasteiger partial charge in [-0.1, -0.05) is 36.4 Å². The number of nitrogens with one attached hydrogen (secondary N) is 1. The maximum Gasteiger partial charge on any atom is 0.254 e. The van der Waals surface area contributed by atoms with E-state index in [-0.39, 0.29) is 23.8 Å². The predicted octanol–water partition coefficient (Wildman–Crippen LogP) is 4.42. The number of benzene rings is 2. The molecule has 0 spiro atoms. The molecule has 1 N–H and O–H groups in total. The summed E-state index contributed by atoms with van der Waals surface area (Å²) in [5, 5.41) is 5.18. The Bertz CT molecular complexity index is 999. The van der Waals surface area contributed by atoms with Gasteiger partial charge in [0.05, 0.1) is 6.26 Å². The summed E-state index contributed by atoms with van der Waals surface area (Å²) in [4.78, 5) is 27.6. The number of carbonyl (C=O) groups is 2. The van der Waals surface area contributed by atoms with E-state index in [1.54, 1.807) is 6.26 Å². The standard InChI is InChI=1S/C25H28N2O3/c1-18(11-12-21-8-5-17-30-21)26-24(28)20-13-15-27(16-14-20)25(29)23-10-4-7-19-6-2-3-9-22(19)23/h2-10,17-18,20H,11-16H2,1H3,(H,26,28)/t18-/m0/s1. The molecule has 5 nitrogen and oxygen atoms in total. The van der Waals surface area contributed by atoms with Crippen molar-refractivity contribution in [2.24, 2.45) is 5.92 Å². The summed E-state index contributed by atoms with van der Waals surface area (Å²) < 4.78 is 5.35. The average molecular weight is 405 g/mol. The topological polar surface area (TPSA) is 62.6 Å². The van der Waals surface area contributed by atoms with E-state index < -0.39 is 0 Å². The van der Waals surface area contributed by atoms with E-state index in [0.29, 0.717) is 25.9 Å². The molecule has 1 saturated heterocycles. The van der Waals surface area contributed by atoms with Crippen LogP contribution in [-0.4, -0.2) is 35.8 Å². The first-order valence-corrected chi connectivity index (χ1v) is 10.7. The highest BCUT2D eigenvalue weighted by Gasteiger charge is 2.28. The lowest BCUT2D eigenvalue weighted by molar-refractivity contribution is -0.126. The molecule has 0 aliphatic carbocycles. The van der Waals surface area contributed by atoms with E-state index in [0.717, 1.165) is 34.9 Å². The van der Waals surface area contributed by atoms with Crippen LogP contribution in [0.5, 0.6) is 0 Å². The van der Waals surface area contributed by atoms with Crippen LogP contribution in [0, 0.1) is 5.92 Å². The van der Waals surface area contributed by atoms with Gasteiger partial charge in [-0.25, -0.2) is 0 Å². The van der Waals surface area contributed by atoms with E-state index in [2.05, 4.69) is 5.32 Å². The fourth-order valence-electron chi connectivity index (χ4n) is 4.17. The first-order chi connectivity index (χ1) is 14.6. The molecule has 1 aliphatic rings. The molecule has 0 unspecified atom stereocenters. The molecule has 2 heterocycles. The van der Waals surface area contributed by atoms with Crippen molar-refractivity contribution < 1.29 is 14.0 Å². The Labute approximate surface area is 177 Å². The van der Waals surface area contributed by atoms with Gasteiger partial charge in [-0.3, -0.25) is 9.59 Å². The normalized spacial score (nSPS) is 15.8. The smallest absolute Gasteiger partial charge is 0.254 e. The molecule has 0 saturated carbocycles. The molecule has 1 aromatic heterocycles. The largest absolute Gasteiger partial charge is 0.469 e. The van der Waals surface area contributed by atoms with Gasteiger partial charge in [0, 0.05) is 37.0 Å². The van der Waals surface area contributed by atoms with Crippen molar-refractivity contribution in [3.05, 3.63) is 72.2 Å². The molecule has 4 rings (SSSR count). The quantitative estimate of drug-likeness (QED) is 0.661. The summed E-state index contributed by atoms with van der Waals surface area (Å²) in [5.74, 6) is 1.06. The molecule has 1 atom stereocenters. The molecule has 1 fully saturated rings. The summed E-state index contributed by atoms with van der Waals surface area (Å²) in [6.45, 7) is 3.25. The second-order valence-corrected chi connectivity index (χ2v) is 8.12. The summed E-state index contributed by atoms with van der Waals surface area (Å²) in [6, 6.07) is 17.7. The van der Waals surface area contributed by atoms with Crippen LogP contribution in [0.4, 0.5) is 0 Å². The molecular weight excluding hydrogens is 376 g/mol. The van der Waals surface area contributed by atoms with Crippen LogP contribution in [0.2, 0.25) is 0 Å². The fourth-order valence-corrected chi connectivity index (χ4v) is 4.17. The number of hydrogen-bond acceptors (Lipinski definition) is 3. The van der Waals surface area contributed by atoms with Gasteiger partial charge in [0.2, 0.25) is 5.91 Å². The maximum atomic E-state index is 13.1. The van der Waals surface area contributed by atoms with Crippen molar-refractivity contribution in [3.8, 4) is 0 Å². The Kier molecular flexibility index (Phi) is 6.17. The average Bonchev–Trinajstić information content (AvgIpc) is 3.31. The van der Waals surface area contributed by atoms with Crippen LogP contribution in [0.3, 0.4) is 0 Å². The summed E-state index contributed by atoms with van der Waals surface area (Å²) >= 11 is 0. The molecule has 3 aromatic rings. The number of aryl methyl sites for hydroxylation is 1. The second kappa shape index (κ2) is 9.16. The van der Waals surface area contributed by atoms with E-state index in [1.807, 2.05) is 66.4 Å². The van der Waals surface area contributed by atoms with Gasteiger partial charge in [0.15, 0.2) is 0 Å². The molecule has 0 radical (unpaired) electrons. The highest BCUT2D eigenvalue weighted by Crippen LogP contribution is 2.24. The van der Waals surface area contributed by atoms with Gasteiger partial charge in [-0.2, -0.15) is 0 Å². The van der Waals surface area contributed by atoms with Gasteiger partial charge < -0.3 is 14.6 Å². The Hall–Kier alpha value is -3.08. The summed E-state index contributed by atoms with van der Waals surface area (Å²) in [7, 11) is 0. The predicted molar refractivity (Wildman–Crippen MR) is 117 cm³/mol. The number of rotatable bonds is 6. The number of carbonyl (C=O) groups excluding carboxylic acids is 2. The molecular formula is C25H28N2O3. The van der Waals surface area contributed by atoms with Crippen LogP contribution in [-0.2, 0) is 11.2 Å². The van der Waals surface area contributed by atoms with Gasteiger partial charge in [0.1, 0.15) is 5.76 Å². The maximum absolute atomic E-state index is 13.1. The SMILES string of the molecule is C[C@@H](CCc1ccco1)NC(=O)C1CCN(C(=O)c2cccc3ccccc23)CC1. The van der Waals surface area contributed by atoms with Crippen molar-refractivity contribution in [2.75, 3.05) is 13.1 Å². The monoisotopic (exact) mass is 404 g/mol. The third-order valence-electron chi connectivity index (χ3n) is 5.97. The number of fused-ring (bicyclic) bond motifs is 1. The van der Waals surface area contributed by atoms with E-state index in [4.69, 9.17) is 4.42 Å². The number of hydrogen-bond donors (Lipinski definition) is 1. The zero-order chi connectivity index (χ0) is 20.9. The zero-order valence-electron chi connectivity index (χ0n) is 17.3. The lowest BCUT2D eigenvalue weighted by atomic mass is 9.94. The fraction of sp³-hybridized carbons (Fsp3) is 0.360. The number of likely N-dealkylation sites (tertiary alicyclic amines) is 1. The number of piperidine rings is 1. The van der Waals surface area contributed by atoms with E-state index in [1.165, 1.54) is 0 Å². The minimum Gasteiger partial charge on any atom is -0.469 e. The summed E-state index contributed by atoms with van der Waals surface area (Å²) in [5.41, 5.74) is 0.738. The molecule has 156 valence electrons. The van der Waals surface area contributed by atoms with E-state index in [9.17, 15) is 9.59 Å². The van der Waals surface area contributed by atoms with E-state index >= 15 is 0 Å². The van der Waals surface area contributed by atoms with Crippen LogP contribution in [0.1, 0.15) is 42.3 Å². The first kappa shape index (κ1) is 20.2. The van der Waals surface area contributed by atoms with Crippen LogP contribution in [0.25, 0.3) is 10.8 Å². The van der Waals surface area contributed by atoms with Crippen LogP contribution >= 0.6 is 0 Å². The highest BCUT2D eigenvalue weighted by atomic mass is 16.3. The van der Waals surface area contributed by atoms with Crippen LogP contribution in [0.15, 0.2) is 65.3 Å². The third kappa shape index (κ3) is 4.56. The zero-order valence-corrected chi connectivity index (χ0v) is 17.3. The first-order valence-electron chi connectivity index (χ1n) is 10.7. The van der Waals surface area contributed by atoms with Gasteiger partial charge in [0.25, 0.3) is 5.91 Å². The lowest BCUT2D eigenvalue weighted by Gasteiger charge is -2.32. The van der Waals surface area contributed by atoms with Gasteiger partial charge >= 0.3 is 0 Å². The van der Waals surface area contributed by atoms with Crippen molar-refractivity contribution in [1.82, 2.24) is 10.2 Å². The van der Waals surface area contributed by atoms with Gasteiger partial charge in [-0.15, -0.1) is 0 Å². The minimum atomic E-state index is -0.0346. The molecule has 5 heteroatoms. The van der Waals surface area contributed by atoms with Crippen molar-refractivity contribution in [1.29, 1.82) is 0 Å². The molecule has 30 heavy (non-hydrogen) atoms. The van der Waals surface area contributed by atoms with Crippen molar-refractivity contribution in [2.45, 2.75) is 38.6 Å². The van der Waals surface area contributed by atoms with Crippen molar-refractivity contribution >= 4 is 22.6 Å². The summed E-state index contributed by atoms with van der Waals surface area (Å²) in [6.07, 6.45) is 4.73. The lowest BCUT2D eigenvalue weighted by Crippen LogP contribution is -2.45. The third-order valence-corrected chi connectivity index (χ3v) is 5.97. The van der Waals surface area contributed by atoms with Crippen LogP contribution < -0.4 is 5.32 Å². The minimum absolute atomic E-state index is 0.0346. The number of nitrogens with zero attached hydrogens (tertiary/aromatic N) is 1. The van der Waals surface area contributed by atoms with Crippen molar-refractivity contribution in [3.63, 3.8) is 0 Å². The Morgan fingerprint density at radius 2 is 1.83 bits per heavy atom. The molecule has 2 aromatic carbocycles. The second-order valence-electron chi connectivity index (χ2n) is 8.12. The molecule has 2 amide bonds. The number of amides is 2. The Morgan fingerprint density at radius 3 is 2.60 bits per heavy atom. The van der Waals surface area contributed by atoms with Gasteiger partial charge in [-0.05, 0) is 55.2 Å².